The summed E-state index contributed by atoms with van der Waals surface area (Å²) in [6.45, 7) is 1.60. The molecular weight excluding hydrogens is 452 g/mol. The van der Waals surface area contributed by atoms with Crippen LogP contribution >= 0.6 is 0 Å². The standard InChI is InChI=1S/C26H19F2N5O2/c1-15-12-23(34)25(32-33(15)22-9-5-4-8-19(22)28)26(35)29-17-10-11-20-21(14-17)31-24(30-20)13-16-6-2-3-7-18(16)27/h2-12,14H,13H2,1H3,(H,29,35)(H,30,31). The van der Waals surface area contributed by atoms with Gasteiger partial charge in [0, 0.05) is 23.9 Å². The maximum Gasteiger partial charge on any atom is 0.280 e. The SMILES string of the molecule is Cc1cc(=O)c(C(=O)Nc2ccc3nc(Cc4ccccc4F)[nH]c3c2)nn1-c1ccccc1F. The highest BCUT2D eigenvalue weighted by molar-refractivity contribution is 6.03. The zero-order chi connectivity index (χ0) is 24.5. The number of anilines is 1. The third kappa shape index (κ3) is 4.43. The molecule has 9 heteroatoms. The Morgan fingerprint density at radius 3 is 2.51 bits per heavy atom. The van der Waals surface area contributed by atoms with Crippen molar-refractivity contribution in [2.45, 2.75) is 13.3 Å². The number of fused-ring (bicyclic) bond motifs is 1. The number of amides is 1. The summed E-state index contributed by atoms with van der Waals surface area (Å²) in [5, 5.41) is 6.77. The zero-order valence-corrected chi connectivity index (χ0v) is 18.5. The summed E-state index contributed by atoms with van der Waals surface area (Å²) in [4.78, 5) is 33.0. The molecule has 3 aromatic carbocycles. The van der Waals surface area contributed by atoms with Crippen LogP contribution in [0.4, 0.5) is 14.5 Å². The number of nitrogens with zero attached hydrogens (tertiary/aromatic N) is 3. The second kappa shape index (κ2) is 8.94. The van der Waals surface area contributed by atoms with Gasteiger partial charge < -0.3 is 10.3 Å². The summed E-state index contributed by atoms with van der Waals surface area (Å²) in [6.07, 6.45) is 0.284. The number of rotatable bonds is 5. The third-order valence-electron chi connectivity index (χ3n) is 5.51. The second-order valence-electron chi connectivity index (χ2n) is 8.00. The molecule has 2 N–H and O–H groups in total. The smallest absolute Gasteiger partial charge is 0.280 e. The van der Waals surface area contributed by atoms with Crippen LogP contribution in [0.25, 0.3) is 16.7 Å². The van der Waals surface area contributed by atoms with Crippen molar-refractivity contribution in [3.8, 4) is 5.69 Å². The largest absolute Gasteiger partial charge is 0.342 e. The number of aromatic amines is 1. The van der Waals surface area contributed by atoms with Crippen LogP contribution in [0.2, 0.25) is 0 Å². The van der Waals surface area contributed by atoms with E-state index in [0.717, 1.165) is 0 Å². The van der Waals surface area contributed by atoms with Gasteiger partial charge in [0.1, 0.15) is 23.1 Å². The van der Waals surface area contributed by atoms with E-state index < -0.39 is 17.2 Å². The van der Waals surface area contributed by atoms with Gasteiger partial charge >= 0.3 is 0 Å². The van der Waals surface area contributed by atoms with Crippen molar-refractivity contribution in [3.63, 3.8) is 0 Å². The number of benzene rings is 3. The Labute approximate surface area is 198 Å². The van der Waals surface area contributed by atoms with Crippen molar-refractivity contribution in [2.75, 3.05) is 5.32 Å². The van der Waals surface area contributed by atoms with E-state index in [9.17, 15) is 18.4 Å². The molecule has 0 saturated carbocycles. The lowest BCUT2D eigenvalue weighted by atomic mass is 10.1. The van der Waals surface area contributed by atoms with E-state index >= 15 is 0 Å². The fraction of sp³-hybridized carbons (Fsp3) is 0.0769. The van der Waals surface area contributed by atoms with Gasteiger partial charge in [-0.2, -0.15) is 5.10 Å². The molecule has 0 saturated heterocycles. The first-order chi connectivity index (χ1) is 16.9. The fourth-order valence-corrected chi connectivity index (χ4v) is 3.81. The number of hydrogen-bond acceptors (Lipinski definition) is 4. The molecule has 2 heterocycles. The van der Waals surface area contributed by atoms with Crippen molar-refractivity contribution < 1.29 is 13.6 Å². The van der Waals surface area contributed by atoms with Crippen LogP contribution in [-0.2, 0) is 6.42 Å². The van der Waals surface area contributed by atoms with Crippen molar-refractivity contribution in [1.82, 2.24) is 19.7 Å². The lowest BCUT2D eigenvalue weighted by Crippen LogP contribution is -2.27. The molecule has 0 spiro atoms. The van der Waals surface area contributed by atoms with Crippen molar-refractivity contribution in [2.24, 2.45) is 0 Å². The number of imidazole rings is 1. The first-order valence-corrected chi connectivity index (χ1v) is 10.8. The van der Waals surface area contributed by atoms with Crippen molar-refractivity contribution in [1.29, 1.82) is 0 Å². The second-order valence-corrected chi connectivity index (χ2v) is 8.00. The molecule has 0 unspecified atom stereocenters. The minimum Gasteiger partial charge on any atom is -0.342 e. The molecule has 0 aliphatic heterocycles. The average Bonchev–Trinajstić information content (AvgIpc) is 3.23. The molecule has 5 aromatic rings. The molecular formula is C26H19F2N5O2. The topological polar surface area (TPSA) is 92.7 Å². The predicted molar refractivity (Wildman–Crippen MR) is 128 cm³/mol. The summed E-state index contributed by atoms with van der Waals surface area (Å²) in [7, 11) is 0. The molecule has 0 fully saturated rings. The van der Waals surface area contributed by atoms with Gasteiger partial charge in [0.25, 0.3) is 5.91 Å². The van der Waals surface area contributed by atoms with E-state index in [1.807, 2.05) is 0 Å². The molecule has 0 radical (unpaired) electrons. The maximum absolute atomic E-state index is 14.3. The minimum absolute atomic E-state index is 0.125. The van der Waals surface area contributed by atoms with E-state index in [1.54, 1.807) is 49.4 Å². The molecule has 0 atom stereocenters. The first-order valence-electron chi connectivity index (χ1n) is 10.8. The lowest BCUT2D eigenvalue weighted by molar-refractivity contribution is 0.101. The summed E-state index contributed by atoms with van der Waals surface area (Å²) < 4.78 is 29.5. The minimum atomic E-state index is -0.731. The van der Waals surface area contributed by atoms with Gasteiger partial charge in [0.2, 0.25) is 5.43 Å². The van der Waals surface area contributed by atoms with Crippen LogP contribution in [0, 0.1) is 18.6 Å². The van der Waals surface area contributed by atoms with E-state index in [4.69, 9.17) is 0 Å². The van der Waals surface area contributed by atoms with Crippen LogP contribution in [0.15, 0.2) is 77.6 Å². The van der Waals surface area contributed by atoms with E-state index in [-0.39, 0.29) is 23.6 Å². The van der Waals surface area contributed by atoms with E-state index in [1.165, 1.54) is 35.0 Å². The Kier molecular flexibility index (Phi) is 5.66. The Balaban J connectivity index is 1.42. The summed E-state index contributed by atoms with van der Waals surface area (Å²) in [6, 6.07) is 18.7. The Morgan fingerprint density at radius 1 is 1.00 bits per heavy atom. The molecule has 0 bridgehead atoms. The third-order valence-corrected chi connectivity index (χ3v) is 5.51. The number of aryl methyl sites for hydroxylation is 1. The molecule has 0 aliphatic carbocycles. The number of aromatic nitrogens is 4. The molecule has 174 valence electrons. The predicted octanol–water partition coefficient (Wildman–Crippen LogP) is 4.54. The number of nitrogens with one attached hydrogen (secondary N) is 2. The highest BCUT2D eigenvalue weighted by Gasteiger charge is 2.17. The number of carbonyl (C=O) groups excluding carboxylic acids is 1. The van der Waals surface area contributed by atoms with Crippen LogP contribution in [0.1, 0.15) is 27.6 Å². The zero-order valence-electron chi connectivity index (χ0n) is 18.5. The summed E-state index contributed by atoms with van der Waals surface area (Å²) in [5.74, 6) is -1.01. The van der Waals surface area contributed by atoms with E-state index in [2.05, 4.69) is 20.4 Å². The molecule has 0 aliphatic rings. The van der Waals surface area contributed by atoms with Gasteiger partial charge in [-0.3, -0.25) is 9.59 Å². The van der Waals surface area contributed by atoms with Gasteiger partial charge in [-0.05, 0) is 48.9 Å². The number of carbonyl (C=O) groups is 1. The van der Waals surface area contributed by atoms with Gasteiger partial charge in [-0.1, -0.05) is 30.3 Å². The van der Waals surface area contributed by atoms with Crippen LogP contribution in [0.5, 0.6) is 0 Å². The number of para-hydroxylation sites is 1. The normalized spacial score (nSPS) is 11.1. The molecule has 1 amide bonds. The van der Waals surface area contributed by atoms with Crippen LogP contribution < -0.4 is 10.7 Å². The van der Waals surface area contributed by atoms with Crippen LogP contribution in [0.3, 0.4) is 0 Å². The molecule has 7 nitrogen and oxygen atoms in total. The van der Waals surface area contributed by atoms with E-state index in [0.29, 0.717) is 33.8 Å². The van der Waals surface area contributed by atoms with Gasteiger partial charge in [-0.25, -0.2) is 18.4 Å². The number of halogens is 2. The van der Waals surface area contributed by atoms with Crippen molar-refractivity contribution in [3.05, 3.63) is 117 Å². The molecule has 35 heavy (non-hydrogen) atoms. The fourth-order valence-electron chi connectivity index (χ4n) is 3.81. The van der Waals surface area contributed by atoms with Gasteiger partial charge in [-0.15, -0.1) is 0 Å². The quantitative estimate of drug-likeness (QED) is 0.394. The molecule has 5 rings (SSSR count). The molecule has 2 aromatic heterocycles. The van der Waals surface area contributed by atoms with Crippen molar-refractivity contribution >= 4 is 22.6 Å². The lowest BCUT2D eigenvalue weighted by Gasteiger charge is -2.12. The first kappa shape index (κ1) is 22.1. The summed E-state index contributed by atoms with van der Waals surface area (Å²) >= 11 is 0. The Bertz CT molecular complexity index is 1640. The monoisotopic (exact) mass is 471 g/mol. The highest BCUT2D eigenvalue weighted by atomic mass is 19.1. The number of hydrogen-bond donors (Lipinski definition) is 2. The Morgan fingerprint density at radius 2 is 1.74 bits per heavy atom. The van der Waals surface area contributed by atoms with Gasteiger partial charge in [0.05, 0.1) is 11.0 Å². The summed E-state index contributed by atoms with van der Waals surface area (Å²) in [5.41, 5.74) is 1.75. The van der Waals surface area contributed by atoms with Crippen LogP contribution in [-0.4, -0.2) is 25.7 Å². The highest BCUT2D eigenvalue weighted by Crippen LogP contribution is 2.20. The van der Waals surface area contributed by atoms with Gasteiger partial charge in [0.15, 0.2) is 5.69 Å². The Hall–Kier alpha value is -4.66. The number of H-pyrrole nitrogens is 1. The average molecular weight is 471 g/mol. The maximum atomic E-state index is 14.3.